The van der Waals surface area contributed by atoms with Gasteiger partial charge >= 0.3 is 0 Å². The number of carbonyl (C=O) groups is 1. The molecule has 0 spiro atoms. The van der Waals surface area contributed by atoms with Crippen LogP contribution in [0.5, 0.6) is 0 Å². The fourth-order valence-electron chi connectivity index (χ4n) is 2.12. The maximum absolute atomic E-state index is 11.5. The first-order valence-corrected chi connectivity index (χ1v) is 7.02. The van der Waals surface area contributed by atoms with Crippen molar-refractivity contribution in [2.24, 2.45) is 5.92 Å². The second-order valence-electron chi connectivity index (χ2n) is 4.40. The van der Waals surface area contributed by atoms with E-state index in [4.69, 9.17) is 4.74 Å². The Bertz CT molecular complexity index is 280. The fourth-order valence-corrected chi connectivity index (χ4v) is 3.02. The van der Waals surface area contributed by atoms with Crippen LogP contribution >= 0.6 is 11.8 Å². The van der Waals surface area contributed by atoms with E-state index in [9.17, 15) is 4.79 Å². The lowest BCUT2D eigenvalue weighted by Gasteiger charge is -2.14. The first-order chi connectivity index (χ1) is 7.79. The summed E-state index contributed by atoms with van der Waals surface area (Å²) >= 11 is 1.40. The van der Waals surface area contributed by atoms with E-state index in [1.165, 1.54) is 11.8 Å². The number of unbranched alkanes of at least 4 members (excludes halogenated alkanes) is 1. The first-order valence-electron chi connectivity index (χ1n) is 6.04. The normalized spacial score (nSPS) is 30.9. The average Bonchev–Trinajstić information content (AvgIpc) is 2.88. The summed E-state index contributed by atoms with van der Waals surface area (Å²) in [5, 5.41) is 3.03. The third-order valence-corrected chi connectivity index (χ3v) is 4.08. The molecule has 2 aliphatic heterocycles. The molecule has 3 unspecified atom stereocenters. The van der Waals surface area contributed by atoms with Gasteiger partial charge in [-0.05, 0) is 12.8 Å². The van der Waals surface area contributed by atoms with Gasteiger partial charge in [0.05, 0.1) is 12.2 Å². The van der Waals surface area contributed by atoms with Crippen molar-refractivity contribution >= 4 is 17.0 Å². The van der Waals surface area contributed by atoms with Gasteiger partial charge in [-0.3, -0.25) is 4.79 Å². The molecule has 0 aromatic rings. The Balaban J connectivity index is 1.61. The van der Waals surface area contributed by atoms with Crippen LogP contribution in [-0.2, 0) is 4.74 Å². The molecule has 90 valence electrons. The van der Waals surface area contributed by atoms with E-state index in [1.54, 1.807) is 0 Å². The minimum atomic E-state index is 0.111. The molecule has 3 atom stereocenters. The van der Waals surface area contributed by atoms with Gasteiger partial charge in [0.2, 0.25) is 0 Å². The second kappa shape index (κ2) is 5.73. The van der Waals surface area contributed by atoms with Crippen molar-refractivity contribution in [3.8, 4) is 0 Å². The molecule has 3 nitrogen and oxygen atoms in total. The van der Waals surface area contributed by atoms with Crippen molar-refractivity contribution in [3.63, 3.8) is 0 Å². The molecule has 1 amide bonds. The Labute approximate surface area is 101 Å². The number of fused-ring (bicyclic) bond motifs is 2. The zero-order chi connectivity index (χ0) is 11.4. The number of rotatable bonds is 5. The summed E-state index contributed by atoms with van der Waals surface area (Å²) in [6, 6.07) is 0. The van der Waals surface area contributed by atoms with Gasteiger partial charge in [-0.15, -0.1) is 0 Å². The Kier molecular flexibility index (Phi) is 4.29. The van der Waals surface area contributed by atoms with Crippen molar-refractivity contribution in [2.45, 2.75) is 38.4 Å². The van der Waals surface area contributed by atoms with Crippen LogP contribution in [0.15, 0.2) is 12.2 Å². The van der Waals surface area contributed by atoms with E-state index in [0.717, 1.165) is 31.6 Å². The van der Waals surface area contributed by atoms with Crippen LogP contribution < -0.4 is 5.32 Å². The monoisotopic (exact) mass is 241 g/mol. The van der Waals surface area contributed by atoms with Crippen molar-refractivity contribution in [1.29, 1.82) is 0 Å². The van der Waals surface area contributed by atoms with E-state index in [-0.39, 0.29) is 11.3 Å². The largest absolute Gasteiger partial charge is 0.367 e. The van der Waals surface area contributed by atoms with Crippen LogP contribution in [-0.4, -0.2) is 29.7 Å². The van der Waals surface area contributed by atoms with Crippen LogP contribution in [0.25, 0.3) is 0 Å². The summed E-state index contributed by atoms with van der Waals surface area (Å²) < 4.78 is 5.66. The molecule has 0 radical (unpaired) electrons. The number of thioether (sulfide) groups is 1. The Morgan fingerprint density at radius 1 is 1.56 bits per heavy atom. The molecular formula is C12H19NO2S. The lowest BCUT2D eigenvalue weighted by atomic mass is 9.96. The van der Waals surface area contributed by atoms with Crippen molar-refractivity contribution in [3.05, 3.63) is 12.2 Å². The summed E-state index contributed by atoms with van der Waals surface area (Å²) in [7, 11) is 0. The maximum atomic E-state index is 11.5. The smallest absolute Gasteiger partial charge is 0.279 e. The molecule has 0 aliphatic carbocycles. The summed E-state index contributed by atoms with van der Waals surface area (Å²) in [6.45, 7) is 2.92. The molecule has 4 heteroatoms. The number of hydrogen-bond acceptors (Lipinski definition) is 3. The van der Waals surface area contributed by atoms with E-state index in [0.29, 0.717) is 12.0 Å². The molecule has 0 aromatic carbocycles. The Hall–Kier alpha value is -0.480. The van der Waals surface area contributed by atoms with Crippen LogP contribution in [0.4, 0.5) is 4.79 Å². The Morgan fingerprint density at radius 2 is 2.44 bits per heavy atom. The fraction of sp³-hybridized carbons (Fsp3) is 0.750. The maximum Gasteiger partial charge on any atom is 0.279 e. The molecule has 2 rings (SSSR count). The summed E-state index contributed by atoms with van der Waals surface area (Å²) in [5.41, 5.74) is 0. The average molecular weight is 241 g/mol. The zero-order valence-corrected chi connectivity index (χ0v) is 10.5. The van der Waals surface area contributed by atoms with E-state index in [1.807, 2.05) is 0 Å². The molecule has 0 saturated carbocycles. The third kappa shape index (κ3) is 3.01. The second-order valence-corrected chi connectivity index (χ2v) is 5.39. The van der Waals surface area contributed by atoms with Gasteiger partial charge in [-0.2, -0.15) is 0 Å². The first kappa shape index (κ1) is 12.0. The van der Waals surface area contributed by atoms with Crippen molar-refractivity contribution in [2.75, 3.05) is 12.3 Å². The molecule has 2 heterocycles. The number of nitrogens with one attached hydrogen (secondary N) is 1. The van der Waals surface area contributed by atoms with Gasteiger partial charge < -0.3 is 10.1 Å². The van der Waals surface area contributed by atoms with Gasteiger partial charge in [0.1, 0.15) is 0 Å². The lowest BCUT2D eigenvalue weighted by molar-refractivity contribution is 0.111. The SMILES string of the molecule is CCCCNC(=O)SCC1CC2C=CC1O2. The van der Waals surface area contributed by atoms with Gasteiger partial charge in [0, 0.05) is 18.2 Å². The molecule has 1 N–H and O–H groups in total. The van der Waals surface area contributed by atoms with Gasteiger partial charge in [0.15, 0.2) is 0 Å². The lowest BCUT2D eigenvalue weighted by Crippen LogP contribution is -2.23. The van der Waals surface area contributed by atoms with E-state index >= 15 is 0 Å². The zero-order valence-electron chi connectivity index (χ0n) is 9.65. The van der Waals surface area contributed by atoms with E-state index in [2.05, 4.69) is 24.4 Å². The number of ether oxygens (including phenoxy) is 1. The van der Waals surface area contributed by atoms with Crippen molar-refractivity contribution in [1.82, 2.24) is 5.32 Å². The highest BCUT2D eigenvalue weighted by Gasteiger charge is 2.36. The molecule has 1 fully saturated rings. The number of hydrogen-bond donors (Lipinski definition) is 1. The molecule has 1 saturated heterocycles. The molecule has 2 aliphatic rings. The molecule has 16 heavy (non-hydrogen) atoms. The Morgan fingerprint density at radius 3 is 3.06 bits per heavy atom. The van der Waals surface area contributed by atoms with Gasteiger partial charge in [-0.1, -0.05) is 37.3 Å². The van der Waals surface area contributed by atoms with Crippen LogP contribution in [0, 0.1) is 5.92 Å². The topological polar surface area (TPSA) is 38.3 Å². The summed E-state index contributed by atoms with van der Waals surface area (Å²) in [4.78, 5) is 11.5. The van der Waals surface area contributed by atoms with E-state index < -0.39 is 0 Å². The summed E-state index contributed by atoms with van der Waals surface area (Å²) in [5.74, 6) is 1.40. The highest BCUT2D eigenvalue weighted by atomic mass is 32.2. The van der Waals surface area contributed by atoms with Gasteiger partial charge in [-0.25, -0.2) is 0 Å². The predicted molar refractivity (Wildman–Crippen MR) is 66.7 cm³/mol. The predicted octanol–water partition coefficient (Wildman–Crippen LogP) is 2.57. The van der Waals surface area contributed by atoms with Crippen LogP contribution in [0.3, 0.4) is 0 Å². The third-order valence-electron chi connectivity index (χ3n) is 3.08. The molecule has 0 aromatic heterocycles. The number of amides is 1. The molecule has 2 bridgehead atoms. The standard InChI is InChI=1S/C12H19NO2S/c1-2-3-6-13-12(14)16-8-9-7-10-4-5-11(9)15-10/h4-5,9-11H,2-3,6-8H2,1H3,(H,13,14). The summed E-state index contributed by atoms with van der Waals surface area (Å²) in [6.07, 6.45) is 8.11. The highest BCUT2D eigenvalue weighted by Crippen LogP contribution is 2.35. The quantitative estimate of drug-likeness (QED) is 0.594. The highest BCUT2D eigenvalue weighted by molar-refractivity contribution is 8.13. The number of carbonyl (C=O) groups excluding carboxylic acids is 1. The minimum absolute atomic E-state index is 0.111. The van der Waals surface area contributed by atoms with Crippen LogP contribution in [0.1, 0.15) is 26.2 Å². The molecular weight excluding hydrogens is 222 g/mol. The van der Waals surface area contributed by atoms with Gasteiger partial charge in [0.25, 0.3) is 5.24 Å². The van der Waals surface area contributed by atoms with Crippen LogP contribution in [0.2, 0.25) is 0 Å². The minimum Gasteiger partial charge on any atom is -0.367 e. The van der Waals surface area contributed by atoms with Crippen molar-refractivity contribution < 1.29 is 9.53 Å².